The molecule has 1 atom stereocenters. The molecule has 4 nitrogen and oxygen atoms in total. The van der Waals surface area contributed by atoms with Crippen LogP contribution in [-0.2, 0) is 4.79 Å². The highest BCUT2D eigenvalue weighted by Gasteiger charge is 2.16. The van der Waals surface area contributed by atoms with Crippen molar-refractivity contribution in [2.45, 2.75) is 51.6 Å². The predicted molar refractivity (Wildman–Crippen MR) is 85.4 cm³/mol. The van der Waals surface area contributed by atoms with Crippen molar-refractivity contribution >= 4 is 11.6 Å². The highest BCUT2D eigenvalue weighted by Crippen LogP contribution is 2.25. The largest absolute Gasteiger partial charge is 0.490 e. The van der Waals surface area contributed by atoms with Crippen LogP contribution in [0.25, 0.3) is 0 Å². The van der Waals surface area contributed by atoms with Gasteiger partial charge in [-0.05, 0) is 68.8 Å². The first-order chi connectivity index (χ1) is 10.2. The van der Waals surface area contributed by atoms with E-state index in [9.17, 15) is 4.79 Å². The zero-order valence-electron chi connectivity index (χ0n) is 12.8. The summed E-state index contributed by atoms with van der Waals surface area (Å²) in [6.45, 7) is 2.68. The number of hydrogen-bond donors (Lipinski definition) is 2. The van der Waals surface area contributed by atoms with E-state index in [1.807, 2.05) is 24.3 Å². The number of nitrogens with one attached hydrogen (secondary N) is 1. The third-order valence-electron chi connectivity index (χ3n) is 4.01. The number of hydrogen-bond acceptors (Lipinski definition) is 3. The quantitative estimate of drug-likeness (QED) is 0.809. The molecule has 0 aromatic heterocycles. The number of nitrogens with two attached hydrogens (primary N) is 1. The van der Waals surface area contributed by atoms with Crippen LogP contribution in [0, 0.1) is 5.92 Å². The molecule has 0 spiro atoms. The van der Waals surface area contributed by atoms with Gasteiger partial charge in [0.25, 0.3) is 0 Å². The maximum atomic E-state index is 11.8. The summed E-state index contributed by atoms with van der Waals surface area (Å²) in [5, 5.41) is 2.91. The lowest BCUT2D eigenvalue weighted by molar-refractivity contribution is -0.116. The Morgan fingerprint density at radius 3 is 2.62 bits per heavy atom. The Kier molecular flexibility index (Phi) is 6.05. The van der Waals surface area contributed by atoms with Gasteiger partial charge in [-0.2, -0.15) is 0 Å². The van der Waals surface area contributed by atoms with Crippen LogP contribution in [0.4, 0.5) is 5.69 Å². The lowest BCUT2D eigenvalue weighted by Crippen LogP contribution is -2.16. The van der Waals surface area contributed by atoms with E-state index in [-0.39, 0.29) is 5.91 Å². The molecule has 3 N–H and O–H groups in total. The molecule has 1 aromatic rings. The summed E-state index contributed by atoms with van der Waals surface area (Å²) in [5.74, 6) is 1.31. The van der Waals surface area contributed by atoms with Crippen molar-refractivity contribution in [1.29, 1.82) is 0 Å². The third-order valence-corrected chi connectivity index (χ3v) is 4.01. The second kappa shape index (κ2) is 8.03. The summed E-state index contributed by atoms with van der Waals surface area (Å²) in [4.78, 5) is 11.8. The van der Waals surface area contributed by atoms with Gasteiger partial charge in [0.1, 0.15) is 5.75 Å². The average molecular weight is 290 g/mol. The van der Waals surface area contributed by atoms with Crippen molar-refractivity contribution in [2.75, 3.05) is 11.9 Å². The molecular weight excluding hydrogens is 264 g/mol. The third kappa shape index (κ3) is 5.38. The van der Waals surface area contributed by atoms with E-state index < -0.39 is 0 Å². The minimum atomic E-state index is 0.0414. The Morgan fingerprint density at radius 2 is 2.00 bits per heavy atom. The highest BCUT2D eigenvalue weighted by molar-refractivity contribution is 5.90. The molecule has 1 aromatic carbocycles. The smallest absolute Gasteiger partial charge is 0.224 e. The van der Waals surface area contributed by atoms with Crippen molar-refractivity contribution < 1.29 is 9.53 Å². The normalized spacial score (nSPS) is 16.7. The molecule has 1 fully saturated rings. The molecule has 4 heteroatoms. The van der Waals surface area contributed by atoms with Gasteiger partial charge in [-0.25, -0.2) is 0 Å². The van der Waals surface area contributed by atoms with Crippen LogP contribution in [-0.4, -0.2) is 18.6 Å². The number of amides is 1. The van der Waals surface area contributed by atoms with Gasteiger partial charge in [0.05, 0.1) is 6.10 Å². The summed E-state index contributed by atoms with van der Waals surface area (Å²) < 4.78 is 5.90. The van der Waals surface area contributed by atoms with Crippen LogP contribution in [0.3, 0.4) is 0 Å². The summed E-state index contributed by atoms with van der Waals surface area (Å²) in [7, 11) is 0. The summed E-state index contributed by atoms with van der Waals surface area (Å²) in [5.41, 5.74) is 6.37. The molecular formula is C17H26N2O2. The number of benzene rings is 1. The summed E-state index contributed by atoms with van der Waals surface area (Å²) in [6.07, 6.45) is 6.53. The second-order valence-corrected chi connectivity index (χ2v) is 5.98. The Labute approximate surface area is 127 Å². The first kappa shape index (κ1) is 15.8. The average Bonchev–Trinajstić information content (AvgIpc) is 3.00. The molecule has 0 saturated heterocycles. The number of ether oxygens (including phenoxy) is 1. The van der Waals surface area contributed by atoms with Crippen LogP contribution in [0.15, 0.2) is 24.3 Å². The van der Waals surface area contributed by atoms with E-state index in [0.717, 1.165) is 30.7 Å². The van der Waals surface area contributed by atoms with Crippen molar-refractivity contribution in [3.8, 4) is 5.75 Å². The Bertz CT molecular complexity index is 439. The Hall–Kier alpha value is -1.55. The van der Waals surface area contributed by atoms with Crippen LogP contribution in [0.5, 0.6) is 5.75 Å². The first-order valence-electron chi connectivity index (χ1n) is 7.94. The van der Waals surface area contributed by atoms with Crippen LogP contribution in [0.1, 0.15) is 45.4 Å². The minimum absolute atomic E-state index is 0.0414. The van der Waals surface area contributed by atoms with E-state index in [1.165, 1.54) is 12.8 Å². The molecule has 21 heavy (non-hydrogen) atoms. The molecule has 0 heterocycles. The molecule has 0 bridgehead atoms. The SMILES string of the molecule is CC(CN)CCC(=O)Nc1ccc(OC2CCCC2)cc1. The fourth-order valence-electron chi connectivity index (χ4n) is 2.53. The van der Waals surface area contributed by atoms with Gasteiger partial charge in [-0.1, -0.05) is 6.92 Å². The molecule has 1 unspecified atom stereocenters. The van der Waals surface area contributed by atoms with Gasteiger partial charge in [0, 0.05) is 12.1 Å². The predicted octanol–water partition coefficient (Wildman–Crippen LogP) is 3.32. The lowest BCUT2D eigenvalue weighted by Gasteiger charge is -2.13. The fraction of sp³-hybridized carbons (Fsp3) is 0.588. The van der Waals surface area contributed by atoms with E-state index in [4.69, 9.17) is 10.5 Å². The van der Waals surface area contributed by atoms with E-state index in [1.54, 1.807) is 0 Å². The number of rotatable bonds is 7. The second-order valence-electron chi connectivity index (χ2n) is 5.98. The molecule has 1 aliphatic carbocycles. The van der Waals surface area contributed by atoms with Crippen LogP contribution in [0.2, 0.25) is 0 Å². The monoisotopic (exact) mass is 290 g/mol. The molecule has 116 valence electrons. The Balaban J connectivity index is 1.77. The van der Waals surface area contributed by atoms with E-state index in [0.29, 0.717) is 25.0 Å². The summed E-state index contributed by atoms with van der Waals surface area (Å²) >= 11 is 0. The van der Waals surface area contributed by atoms with Gasteiger partial charge in [0.2, 0.25) is 5.91 Å². The topological polar surface area (TPSA) is 64.4 Å². The maximum Gasteiger partial charge on any atom is 0.224 e. The van der Waals surface area contributed by atoms with Crippen LogP contribution < -0.4 is 15.8 Å². The zero-order valence-corrected chi connectivity index (χ0v) is 12.8. The van der Waals surface area contributed by atoms with Crippen LogP contribution >= 0.6 is 0 Å². The summed E-state index contributed by atoms with van der Waals surface area (Å²) in [6, 6.07) is 7.65. The lowest BCUT2D eigenvalue weighted by atomic mass is 10.1. The van der Waals surface area contributed by atoms with Crippen molar-refractivity contribution in [3.05, 3.63) is 24.3 Å². The number of anilines is 1. The highest BCUT2D eigenvalue weighted by atomic mass is 16.5. The van der Waals surface area contributed by atoms with Gasteiger partial charge >= 0.3 is 0 Å². The van der Waals surface area contributed by atoms with Crippen molar-refractivity contribution in [3.63, 3.8) is 0 Å². The maximum absolute atomic E-state index is 11.8. The van der Waals surface area contributed by atoms with E-state index >= 15 is 0 Å². The van der Waals surface area contributed by atoms with Crippen molar-refractivity contribution in [2.24, 2.45) is 11.7 Å². The van der Waals surface area contributed by atoms with Gasteiger partial charge < -0.3 is 15.8 Å². The number of carbonyl (C=O) groups is 1. The molecule has 1 aliphatic rings. The van der Waals surface area contributed by atoms with Gasteiger partial charge in [0.15, 0.2) is 0 Å². The standard InChI is InChI=1S/C17H26N2O2/c1-13(12-18)6-11-17(20)19-14-7-9-16(10-8-14)21-15-4-2-3-5-15/h7-10,13,15H,2-6,11-12,18H2,1H3,(H,19,20). The zero-order chi connectivity index (χ0) is 15.1. The van der Waals surface area contributed by atoms with Gasteiger partial charge in [-0.3, -0.25) is 4.79 Å². The molecule has 0 aliphatic heterocycles. The first-order valence-corrected chi connectivity index (χ1v) is 7.94. The molecule has 1 amide bonds. The fourth-order valence-corrected chi connectivity index (χ4v) is 2.53. The molecule has 1 saturated carbocycles. The molecule has 0 radical (unpaired) electrons. The minimum Gasteiger partial charge on any atom is -0.490 e. The van der Waals surface area contributed by atoms with Gasteiger partial charge in [-0.15, -0.1) is 0 Å². The van der Waals surface area contributed by atoms with Crippen molar-refractivity contribution in [1.82, 2.24) is 0 Å². The Morgan fingerprint density at radius 1 is 1.33 bits per heavy atom. The molecule has 2 rings (SSSR count). The van der Waals surface area contributed by atoms with E-state index in [2.05, 4.69) is 12.2 Å². The number of carbonyl (C=O) groups excluding carboxylic acids is 1.